The molecule has 0 unspecified atom stereocenters. The fourth-order valence-electron chi connectivity index (χ4n) is 7.65. The van der Waals surface area contributed by atoms with Gasteiger partial charge in [-0.05, 0) is 82.7 Å². The topological polar surface area (TPSA) is 21.1 Å². The minimum Gasteiger partial charge on any atom is -0.317 e. The Kier molecular flexibility index (Phi) is 6.49. The van der Waals surface area contributed by atoms with Crippen LogP contribution in [-0.4, -0.2) is 9.55 Å². The summed E-state index contributed by atoms with van der Waals surface area (Å²) in [6, 6.07) is 62.7. The average molecular weight is 638 g/mol. The maximum atomic E-state index is 5.24. The Morgan fingerprint density at radius 2 is 1.06 bits per heavy atom. The number of pyridine rings is 1. The van der Waals surface area contributed by atoms with E-state index in [0.717, 1.165) is 39.5 Å². The van der Waals surface area contributed by atoms with Gasteiger partial charge in [0, 0.05) is 44.9 Å². The standard InChI is InChI=1S/C47H31N3/c1-4-14-32(15-5-1)36-29-41(33-16-6-2-7-17-33)48-42(30-36)34-18-12-22-38(28-34)50-43-24-11-10-23-39(43)47-40-26-27-49(37-20-8-3-9-21-37)44-25-13-19-35(46(40)44)31-45(47)50/h1-31H. The smallest absolute Gasteiger partial charge is 0.0716 e. The number of aromatic nitrogens is 2. The largest absolute Gasteiger partial charge is 0.317 e. The summed E-state index contributed by atoms with van der Waals surface area (Å²) < 4.78 is 2.42. The van der Waals surface area contributed by atoms with E-state index in [9.17, 15) is 0 Å². The highest BCUT2D eigenvalue weighted by atomic mass is 15.1. The van der Waals surface area contributed by atoms with E-state index in [4.69, 9.17) is 4.98 Å². The molecule has 2 aromatic heterocycles. The summed E-state index contributed by atoms with van der Waals surface area (Å²) in [5.74, 6) is 0. The first-order chi connectivity index (χ1) is 24.8. The lowest BCUT2D eigenvalue weighted by atomic mass is 9.94. The predicted octanol–water partition coefficient (Wildman–Crippen LogP) is 12.5. The lowest BCUT2D eigenvalue weighted by Gasteiger charge is -2.27. The van der Waals surface area contributed by atoms with E-state index < -0.39 is 0 Å². The molecule has 0 N–H and O–H groups in total. The second-order valence-electron chi connectivity index (χ2n) is 12.8. The maximum Gasteiger partial charge on any atom is 0.0716 e. The molecule has 0 amide bonds. The molecular weight excluding hydrogens is 607 g/mol. The molecule has 3 heterocycles. The van der Waals surface area contributed by atoms with Crippen LogP contribution in [0.15, 0.2) is 182 Å². The molecule has 9 aromatic rings. The summed E-state index contributed by atoms with van der Waals surface area (Å²) in [5.41, 5.74) is 13.5. The van der Waals surface area contributed by atoms with Gasteiger partial charge in [-0.25, -0.2) is 4.98 Å². The lowest BCUT2D eigenvalue weighted by molar-refractivity contribution is 1.18. The zero-order chi connectivity index (χ0) is 33.0. The van der Waals surface area contributed by atoms with Gasteiger partial charge in [0.2, 0.25) is 0 Å². The number of para-hydroxylation sites is 2. The van der Waals surface area contributed by atoms with Crippen molar-refractivity contribution in [2.24, 2.45) is 0 Å². The lowest BCUT2D eigenvalue weighted by Crippen LogP contribution is -2.11. The summed E-state index contributed by atoms with van der Waals surface area (Å²) in [6.45, 7) is 0. The van der Waals surface area contributed by atoms with Gasteiger partial charge in [-0.1, -0.05) is 121 Å². The average Bonchev–Trinajstić information content (AvgIpc) is 3.53. The van der Waals surface area contributed by atoms with Crippen LogP contribution in [0.25, 0.3) is 78.0 Å². The molecule has 1 aliphatic heterocycles. The van der Waals surface area contributed by atoms with Gasteiger partial charge in [-0.15, -0.1) is 0 Å². The number of anilines is 2. The molecular formula is C47H31N3. The number of hydrogen-bond acceptors (Lipinski definition) is 2. The highest BCUT2D eigenvalue weighted by Crippen LogP contribution is 2.45. The molecule has 0 bridgehead atoms. The van der Waals surface area contributed by atoms with Gasteiger partial charge >= 0.3 is 0 Å². The van der Waals surface area contributed by atoms with Crippen molar-refractivity contribution in [3.63, 3.8) is 0 Å². The molecule has 0 aliphatic carbocycles. The normalized spacial score (nSPS) is 12.3. The van der Waals surface area contributed by atoms with E-state index in [0.29, 0.717) is 0 Å². The minimum absolute atomic E-state index is 0.946. The molecule has 0 spiro atoms. The van der Waals surface area contributed by atoms with Crippen molar-refractivity contribution < 1.29 is 0 Å². The quantitative estimate of drug-likeness (QED) is 0.187. The fourth-order valence-corrected chi connectivity index (χ4v) is 7.65. The van der Waals surface area contributed by atoms with E-state index in [1.807, 2.05) is 6.07 Å². The van der Waals surface area contributed by atoms with Crippen molar-refractivity contribution in [1.82, 2.24) is 9.55 Å². The summed E-state index contributed by atoms with van der Waals surface area (Å²) in [7, 11) is 0. The van der Waals surface area contributed by atoms with Crippen molar-refractivity contribution >= 4 is 50.0 Å². The number of fused-ring (bicyclic) bond motifs is 4. The Labute approximate surface area is 290 Å². The van der Waals surface area contributed by atoms with Gasteiger partial charge in [-0.2, -0.15) is 0 Å². The second-order valence-corrected chi connectivity index (χ2v) is 12.8. The van der Waals surface area contributed by atoms with Crippen LogP contribution in [0.5, 0.6) is 0 Å². The molecule has 0 saturated heterocycles. The highest BCUT2D eigenvalue weighted by Gasteiger charge is 2.23. The van der Waals surface area contributed by atoms with Gasteiger partial charge < -0.3 is 9.47 Å². The third kappa shape index (κ3) is 4.56. The summed E-state index contributed by atoms with van der Waals surface area (Å²) in [5, 5.41) is 5.01. The van der Waals surface area contributed by atoms with Gasteiger partial charge in [-0.3, -0.25) is 0 Å². The fraction of sp³-hybridized carbons (Fsp3) is 0. The van der Waals surface area contributed by atoms with Crippen LogP contribution in [0.4, 0.5) is 11.4 Å². The minimum atomic E-state index is 0.946. The van der Waals surface area contributed by atoms with E-state index in [2.05, 4.69) is 192 Å². The zero-order valence-electron chi connectivity index (χ0n) is 27.2. The van der Waals surface area contributed by atoms with Crippen LogP contribution < -0.4 is 4.90 Å². The van der Waals surface area contributed by atoms with Crippen LogP contribution in [0, 0.1) is 0 Å². The molecule has 3 nitrogen and oxygen atoms in total. The van der Waals surface area contributed by atoms with Gasteiger partial charge in [0.05, 0.1) is 28.1 Å². The first-order valence-corrected chi connectivity index (χ1v) is 17.1. The Bertz CT molecular complexity index is 2690. The van der Waals surface area contributed by atoms with E-state index in [1.54, 1.807) is 0 Å². The number of benzene rings is 7. The van der Waals surface area contributed by atoms with Crippen molar-refractivity contribution in [2.45, 2.75) is 0 Å². The van der Waals surface area contributed by atoms with Crippen LogP contribution in [0.1, 0.15) is 5.56 Å². The monoisotopic (exact) mass is 637 g/mol. The molecule has 10 rings (SSSR count). The molecule has 1 aliphatic rings. The van der Waals surface area contributed by atoms with Crippen molar-refractivity contribution in [2.75, 3.05) is 4.90 Å². The van der Waals surface area contributed by atoms with Crippen LogP contribution >= 0.6 is 0 Å². The molecule has 7 aromatic carbocycles. The van der Waals surface area contributed by atoms with Crippen LogP contribution in [0.3, 0.4) is 0 Å². The number of hydrogen-bond donors (Lipinski definition) is 0. The number of nitrogens with zero attached hydrogens (tertiary/aromatic N) is 3. The molecule has 50 heavy (non-hydrogen) atoms. The molecule has 3 heteroatoms. The third-order valence-corrected chi connectivity index (χ3v) is 9.90. The van der Waals surface area contributed by atoms with Crippen LogP contribution in [-0.2, 0) is 0 Å². The highest BCUT2D eigenvalue weighted by molar-refractivity contribution is 6.22. The predicted molar refractivity (Wildman–Crippen MR) is 210 cm³/mol. The summed E-state index contributed by atoms with van der Waals surface area (Å²) in [4.78, 5) is 7.54. The number of rotatable bonds is 5. The SMILES string of the molecule is C1=CN(c2ccccc2)c2cccc3cc4c(c1c23)c1ccccc1n4-c1cccc(-c2cc(-c3ccccc3)cc(-c3ccccc3)n2)c1. The molecule has 0 saturated carbocycles. The van der Waals surface area contributed by atoms with Crippen molar-refractivity contribution in [3.8, 4) is 39.3 Å². The first kappa shape index (κ1) is 28.3. The Morgan fingerprint density at radius 1 is 0.420 bits per heavy atom. The van der Waals surface area contributed by atoms with Gasteiger partial charge in [0.15, 0.2) is 0 Å². The first-order valence-electron chi connectivity index (χ1n) is 17.1. The van der Waals surface area contributed by atoms with E-state index in [-0.39, 0.29) is 0 Å². The second kappa shape index (κ2) is 11.5. The Hall–Kier alpha value is -6.71. The summed E-state index contributed by atoms with van der Waals surface area (Å²) >= 11 is 0. The molecule has 0 fully saturated rings. The van der Waals surface area contributed by atoms with Gasteiger partial charge in [0.1, 0.15) is 0 Å². The third-order valence-electron chi connectivity index (χ3n) is 9.90. The van der Waals surface area contributed by atoms with Gasteiger partial charge in [0.25, 0.3) is 0 Å². The summed E-state index contributed by atoms with van der Waals surface area (Å²) in [6.07, 6.45) is 4.51. The van der Waals surface area contributed by atoms with E-state index >= 15 is 0 Å². The molecule has 234 valence electrons. The zero-order valence-corrected chi connectivity index (χ0v) is 27.2. The molecule has 0 radical (unpaired) electrons. The maximum absolute atomic E-state index is 5.24. The van der Waals surface area contributed by atoms with Crippen molar-refractivity contribution in [3.05, 3.63) is 188 Å². The van der Waals surface area contributed by atoms with E-state index in [1.165, 1.54) is 49.4 Å². The Morgan fingerprint density at radius 3 is 1.86 bits per heavy atom. The Balaban J connectivity index is 1.19. The molecule has 0 atom stereocenters. The van der Waals surface area contributed by atoms with Crippen molar-refractivity contribution in [1.29, 1.82) is 0 Å². The van der Waals surface area contributed by atoms with Crippen LogP contribution in [0.2, 0.25) is 0 Å².